The summed E-state index contributed by atoms with van der Waals surface area (Å²) >= 11 is 0. The molecule has 1 aliphatic heterocycles. The van der Waals surface area contributed by atoms with Crippen LogP contribution < -0.4 is 14.8 Å². The first-order chi connectivity index (χ1) is 19.2. The molecular weight excluding hydrogens is 506 g/mol. The minimum absolute atomic E-state index is 0.106. The van der Waals surface area contributed by atoms with E-state index in [9.17, 15) is 14.7 Å². The zero-order valence-electron chi connectivity index (χ0n) is 23.9. The highest BCUT2D eigenvalue weighted by molar-refractivity contribution is 6.00. The fraction of sp³-hybridized carbons (Fsp3) is 0.375. The van der Waals surface area contributed by atoms with Gasteiger partial charge < -0.3 is 24.8 Å². The highest BCUT2D eigenvalue weighted by atomic mass is 16.5. The number of phenols is 1. The van der Waals surface area contributed by atoms with Gasteiger partial charge in [-0.1, -0.05) is 18.2 Å². The number of carbonyl (C=O) groups is 2. The Morgan fingerprint density at radius 3 is 2.27 bits per heavy atom. The van der Waals surface area contributed by atoms with Crippen molar-refractivity contribution in [2.24, 2.45) is 0 Å². The third-order valence-corrected chi connectivity index (χ3v) is 7.28. The summed E-state index contributed by atoms with van der Waals surface area (Å²) in [6, 6.07) is 19.2. The summed E-state index contributed by atoms with van der Waals surface area (Å²) in [6.07, 6.45) is 0.548. The number of fused-ring (bicyclic) bond motifs is 1. The number of methoxy groups -OCH3 is 1. The number of phenolic OH excluding ortho intramolecular Hbond substituents is 1. The molecule has 0 saturated heterocycles. The lowest BCUT2D eigenvalue weighted by Crippen LogP contribution is -2.49. The molecule has 0 aromatic heterocycles. The highest BCUT2D eigenvalue weighted by Crippen LogP contribution is 2.35. The number of rotatable bonds is 10. The molecule has 1 atom stereocenters. The molecule has 3 aromatic carbocycles. The van der Waals surface area contributed by atoms with E-state index < -0.39 is 6.04 Å². The number of nitrogens with zero attached hydrogens (tertiary/aromatic N) is 2. The van der Waals surface area contributed by atoms with E-state index in [1.165, 1.54) is 6.07 Å². The van der Waals surface area contributed by atoms with Crippen LogP contribution in [0, 0.1) is 0 Å². The Kier molecular flexibility index (Phi) is 9.32. The summed E-state index contributed by atoms with van der Waals surface area (Å²) in [6.45, 7) is 10.0. The number of carbonyl (C=O) groups excluding carboxylic acids is 2. The lowest BCUT2D eigenvalue weighted by Gasteiger charge is -2.37. The summed E-state index contributed by atoms with van der Waals surface area (Å²) in [7, 11) is 1.61. The second-order valence-corrected chi connectivity index (χ2v) is 10.5. The van der Waals surface area contributed by atoms with Crippen molar-refractivity contribution in [3.63, 3.8) is 0 Å². The van der Waals surface area contributed by atoms with Crippen LogP contribution in [0.3, 0.4) is 0 Å². The van der Waals surface area contributed by atoms with Gasteiger partial charge in [-0.15, -0.1) is 0 Å². The molecule has 0 fully saturated rings. The van der Waals surface area contributed by atoms with Gasteiger partial charge >= 0.3 is 0 Å². The Hall–Kier alpha value is -4.04. The molecule has 3 aromatic rings. The van der Waals surface area contributed by atoms with E-state index in [1.54, 1.807) is 30.2 Å². The van der Waals surface area contributed by atoms with Crippen LogP contribution in [-0.2, 0) is 11.2 Å². The van der Waals surface area contributed by atoms with Crippen molar-refractivity contribution in [3.05, 3.63) is 83.4 Å². The molecule has 2 amide bonds. The van der Waals surface area contributed by atoms with Crippen LogP contribution in [0.25, 0.3) is 0 Å². The molecule has 2 N–H and O–H groups in total. The van der Waals surface area contributed by atoms with Gasteiger partial charge in [-0.2, -0.15) is 0 Å². The van der Waals surface area contributed by atoms with Crippen LogP contribution in [0.2, 0.25) is 0 Å². The molecule has 0 bridgehead atoms. The molecule has 4 rings (SSSR count). The van der Waals surface area contributed by atoms with Crippen LogP contribution in [0.4, 0.5) is 0 Å². The standard InChI is InChI=1S/C32H39N3O5/c1-21(2)34(22(3)4)19-17-33-31(37)30-27-15-14-26(40-25-12-10-24(39-5)11-13-25)20-23(27)16-18-35(30)32(38)28-8-6-7-9-29(28)36/h6-15,20-22,30,36H,16-19H2,1-5H3,(H,33,37). The first-order valence-electron chi connectivity index (χ1n) is 13.8. The predicted molar refractivity (Wildman–Crippen MR) is 155 cm³/mol. The minimum Gasteiger partial charge on any atom is -0.507 e. The number of nitrogens with one attached hydrogen (secondary N) is 1. The van der Waals surface area contributed by atoms with Gasteiger partial charge in [-0.3, -0.25) is 14.5 Å². The first-order valence-corrected chi connectivity index (χ1v) is 13.8. The first kappa shape index (κ1) is 29.0. The number of aromatic hydroxyl groups is 1. The molecule has 40 heavy (non-hydrogen) atoms. The van der Waals surface area contributed by atoms with Crippen LogP contribution in [0.15, 0.2) is 66.7 Å². The van der Waals surface area contributed by atoms with E-state index in [4.69, 9.17) is 9.47 Å². The van der Waals surface area contributed by atoms with Gasteiger partial charge in [0.2, 0.25) is 5.91 Å². The van der Waals surface area contributed by atoms with Gasteiger partial charge in [0.25, 0.3) is 5.91 Å². The maximum atomic E-state index is 13.7. The van der Waals surface area contributed by atoms with E-state index >= 15 is 0 Å². The lowest BCUT2D eigenvalue weighted by molar-refractivity contribution is -0.126. The van der Waals surface area contributed by atoms with Crippen LogP contribution in [-0.4, -0.2) is 65.5 Å². The van der Waals surface area contributed by atoms with E-state index in [-0.39, 0.29) is 23.1 Å². The van der Waals surface area contributed by atoms with Gasteiger partial charge in [0, 0.05) is 31.7 Å². The quantitative estimate of drug-likeness (QED) is 0.365. The number of ether oxygens (including phenoxy) is 2. The maximum Gasteiger partial charge on any atom is 0.258 e. The third kappa shape index (κ3) is 6.57. The third-order valence-electron chi connectivity index (χ3n) is 7.28. The zero-order valence-corrected chi connectivity index (χ0v) is 23.9. The molecule has 0 radical (unpaired) electrons. The average Bonchev–Trinajstić information content (AvgIpc) is 2.94. The van der Waals surface area contributed by atoms with Gasteiger partial charge in [-0.05, 0) is 93.8 Å². The van der Waals surface area contributed by atoms with Crippen molar-refractivity contribution < 1.29 is 24.2 Å². The molecule has 1 unspecified atom stereocenters. The Balaban J connectivity index is 1.60. The number of benzene rings is 3. The Morgan fingerprint density at radius 2 is 1.62 bits per heavy atom. The maximum absolute atomic E-state index is 13.7. The fourth-order valence-electron chi connectivity index (χ4n) is 5.27. The molecule has 0 saturated carbocycles. The summed E-state index contributed by atoms with van der Waals surface area (Å²) in [5, 5.41) is 13.4. The summed E-state index contributed by atoms with van der Waals surface area (Å²) in [4.78, 5) is 31.2. The normalized spacial score (nSPS) is 14.8. The molecule has 212 valence electrons. The molecule has 8 nitrogen and oxygen atoms in total. The average molecular weight is 546 g/mol. The number of para-hydroxylation sites is 1. The summed E-state index contributed by atoms with van der Waals surface area (Å²) in [5.74, 6) is 1.32. The summed E-state index contributed by atoms with van der Waals surface area (Å²) < 4.78 is 11.3. The Labute approximate surface area is 236 Å². The molecule has 0 spiro atoms. The van der Waals surface area contributed by atoms with E-state index in [0.29, 0.717) is 49.6 Å². The van der Waals surface area contributed by atoms with E-state index in [1.807, 2.05) is 42.5 Å². The van der Waals surface area contributed by atoms with Gasteiger partial charge in [0.05, 0.1) is 12.7 Å². The van der Waals surface area contributed by atoms with Crippen molar-refractivity contribution in [2.45, 2.75) is 52.2 Å². The zero-order chi connectivity index (χ0) is 28.8. The largest absolute Gasteiger partial charge is 0.507 e. The van der Waals surface area contributed by atoms with Crippen LogP contribution in [0.1, 0.15) is 55.2 Å². The van der Waals surface area contributed by atoms with Crippen LogP contribution in [0.5, 0.6) is 23.0 Å². The summed E-state index contributed by atoms with van der Waals surface area (Å²) in [5.41, 5.74) is 1.87. The van der Waals surface area contributed by atoms with Gasteiger partial charge in [0.1, 0.15) is 29.0 Å². The molecule has 0 aliphatic carbocycles. The minimum atomic E-state index is -0.836. The van der Waals surface area contributed by atoms with Crippen molar-refractivity contribution in [1.82, 2.24) is 15.1 Å². The lowest BCUT2D eigenvalue weighted by atomic mass is 9.91. The van der Waals surface area contributed by atoms with Crippen LogP contribution >= 0.6 is 0 Å². The van der Waals surface area contributed by atoms with Crippen molar-refractivity contribution >= 4 is 11.8 Å². The second-order valence-electron chi connectivity index (χ2n) is 10.5. The van der Waals surface area contributed by atoms with Crippen molar-refractivity contribution in [2.75, 3.05) is 26.7 Å². The van der Waals surface area contributed by atoms with E-state index in [0.717, 1.165) is 16.9 Å². The molecule has 1 heterocycles. The number of hydrogen-bond acceptors (Lipinski definition) is 6. The molecule has 8 heteroatoms. The number of hydrogen-bond donors (Lipinski definition) is 2. The van der Waals surface area contributed by atoms with Crippen molar-refractivity contribution in [3.8, 4) is 23.0 Å². The van der Waals surface area contributed by atoms with Gasteiger partial charge in [-0.25, -0.2) is 0 Å². The van der Waals surface area contributed by atoms with Crippen molar-refractivity contribution in [1.29, 1.82) is 0 Å². The SMILES string of the molecule is COc1ccc(Oc2ccc3c(c2)CCN(C(=O)c2ccccc2O)C3C(=O)NCCN(C(C)C)C(C)C)cc1. The smallest absolute Gasteiger partial charge is 0.258 e. The fourth-order valence-corrected chi connectivity index (χ4v) is 5.27. The molecular formula is C32H39N3O5. The second kappa shape index (κ2) is 12.9. The molecule has 1 aliphatic rings. The van der Waals surface area contributed by atoms with E-state index in [2.05, 4.69) is 37.9 Å². The highest BCUT2D eigenvalue weighted by Gasteiger charge is 2.37. The van der Waals surface area contributed by atoms with Gasteiger partial charge in [0.15, 0.2) is 0 Å². The topological polar surface area (TPSA) is 91.3 Å². The number of amides is 2. The Bertz CT molecular complexity index is 1310. The Morgan fingerprint density at radius 1 is 0.975 bits per heavy atom. The predicted octanol–water partition coefficient (Wildman–Crippen LogP) is 5.17. The monoisotopic (exact) mass is 545 g/mol.